The lowest BCUT2D eigenvalue weighted by Crippen LogP contribution is -2.42. The van der Waals surface area contributed by atoms with Gasteiger partial charge in [-0.2, -0.15) is 0 Å². The fourth-order valence-electron chi connectivity index (χ4n) is 3.75. The van der Waals surface area contributed by atoms with Crippen LogP contribution in [0.4, 0.5) is 0 Å². The summed E-state index contributed by atoms with van der Waals surface area (Å²) >= 11 is 0. The first kappa shape index (κ1) is 23.1. The van der Waals surface area contributed by atoms with Gasteiger partial charge >= 0.3 is 0 Å². The van der Waals surface area contributed by atoms with E-state index in [0.717, 1.165) is 17.7 Å². The van der Waals surface area contributed by atoms with Gasteiger partial charge in [-0.3, -0.25) is 4.79 Å². The molecule has 2 aromatic carbocycles. The van der Waals surface area contributed by atoms with Crippen LogP contribution in [0.1, 0.15) is 38.2 Å². The fourth-order valence-corrected chi connectivity index (χ4v) is 5.49. The van der Waals surface area contributed by atoms with Gasteiger partial charge in [0.15, 0.2) is 9.84 Å². The van der Waals surface area contributed by atoms with E-state index in [1.165, 1.54) is 0 Å². The molecular formula is C24H31NO5S. The number of carbonyl (C=O) groups is 1. The minimum atomic E-state index is -3.41. The molecule has 0 aliphatic carbocycles. The SMILES string of the molecule is CCCOc1ccc(CCC(=O)N2CCC(S(=O)(=O)c3ccc(OC)cc3)CC2)cc1. The van der Waals surface area contributed by atoms with Crippen LogP contribution in [0.5, 0.6) is 11.5 Å². The zero-order valence-corrected chi connectivity index (χ0v) is 19.1. The Kier molecular flexibility index (Phi) is 7.96. The van der Waals surface area contributed by atoms with E-state index in [0.29, 0.717) is 56.0 Å². The Morgan fingerprint density at radius 2 is 1.61 bits per heavy atom. The Balaban J connectivity index is 1.49. The number of methoxy groups -OCH3 is 1. The second kappa shape index (κ2) is 10.7. The summed E-state index contributed by atoms with van der Waals surface area (Å²) in [5.74, 6) is 1.55. The molecule has 1 saturated heterocycles. The number of aryl methyl sites for hydroxylation is 1. The van der Waals surface area contributed by atoms with Crippen molar-refractivity contribution in [3.05, 3.63) is 54.1 Å². The van der Waals surface area contributed by atoms with Gasteiger partial charge in [-0.1, -0.05) is 19.1 Å². The number of rotatable bonds is 9. The Hall–Kier alpha value is -2.54. The van der Waals surface area contributed by atoms with Gasteiger partial charge in [0, 0.05) is 19.5 Å². The predicted octanol–water partition coefficient (Wildman–Crippen LogP) is 3.88. The molecule has 0 N–H and O–H groups in total. The number of ether oxygens (including phenoxy) is 2. The molecule has 0 unspecified atom stereocenters. The lowest BCUT2D eigenvalue weighted by atomic mass is 10.1. The second-order valence-corrected chi connectivity index (χ2v) is 10.0. The van der Waals surface area contributed by atoms with E-state index < -0.39 is 15.1 Å². The number of sulfone groups is 1. The summed E-state index contributed by atoms with van der Waals surface area (Å²) in [6.45, 7) is 3.71. The van der Waals surface area contributed by atoms with Crippen molar-refractivity contribution in [1.82, 2.24) is 4.90 Å². The van der Waals surface area contributed by atoms with Gasteiger partial charge in [-0.15, -0.1) is 0 Å². The first-order valence-electron chi connectivity index (χ1n) is 10.8. The molecule has 0 radical (unpaired) electrons. The van der Waals surface area contributed by atoms with E-state index in [1.54, 1.807) is 36.3 Å². The van der Waals surface area contributed by atoms with Gasteiger partial charge in [0.05, 0.1) is 23.9 Å². The maximum absolute atomic E-state index is 12.9. The lowest BCUT2D eigenvalue weighted by molar-refractivity contribution is -0.132. The molecule has 7 heteroatoms. The first-order valence-corrected chi connectivity index (χ1v) is 12.4. The van der Waals surface area contributed by atoms with E-state index in [2.05, 4.69) is 6.92 Å². The van der Waals surface area contributed by atoms with Gasteiger partial charge in [-0.25, -0.2) is 8.42 Å². The van der Waals surface area contributed by atoms with Gasteiger partial charge in [-0.05, 0) is 67.6 Å². The summed E-state index contributed by atoms with van der Waals surface area (Å²) in [6.07, 6.45) is 2.98. The second-order valence-electron chi connectivity index (χ2n) is 7.79. The molecule has 1 amide bonds. The van der Waals surface area contributed by atoms with Crippen LogP contribution in [-0.2, 0) is 21.1 Å². The number of amides is 1. The largest absolute Gasteiger partial charge is 0.497 e. The normalized spacial score (nSPS) is 15.0. The molecular weight excluding hydrogens is 414 g/mol. The Morgan fingerprint density at radius 3 is 2.19 bits per heavy atom. The fraction of sp³-hybridized carbons (Fsp3) is 0.458. The van der Waals surface area contributed by atoms with Crippen LogP contribution in [0.15, 0.2) is 53.4 Å². The summed E-state index contributed by atoms with van der Waals surface area (Å²) in [5.41, 5.74) is 1.09. The van der Waals surface area contributed by atoms with Crippen LogP contribution in [0.25, 0.3) is 0 Å². The third-order valence-electron chi connectivity index (χ3n) is 5.65. The summed E-state index contributed by atoms with van der Waals surface area (Å²) in [5, 5.41) is -0.458. The van der Waals surface area contributed by atoms with Crippen LogP contribution in [0, 0.1) is 0 Å². The Bertz CT molecular complexity index is 946. The molecule has 1 heterocycles. The molecule has 0 bridgehead atoms. The zero-order chi connectivity index (χ0) is 22.3. The monoisotopic (exact) mass is 445 g/mol. The standard InChI is InChI=1S/C24H31NO5S/c1-3-18-30-21-7-4-19(5-8-21)6-13-24(26)25-16-14-23(15-17-25)31(27,28)22-11-9-20(29-2)10-12-22/h4-5,7-12,23H,3,6,13-18H2,1-2H3. The number of piperidine rings is 1. The van der Waals surface area contributed by atoms with Crippen molar-refractivity contribution in [3.63, 3.8) is 0 Å². The quantitative estimate of drug-likeness (QED) is 0.586. The number of benzene rings is 2. The summed E-state index contributed by atoms with van der Waals surface area (Å²) in [7, 11) is -1.86. The Morgan fingerprint density at radius 1 is 1.00 bits per heavy atom. The highest BCUT2D eigenvalue weighted by atomic mass is 32.2. The average molecular weight is 446 g/mol. The van der Waals surface area contributed by atoms with Crippen LogP contribution in [0.2, 0.25) is 0 Å². The molecule has 2 aromatic rings. The van der Waals surface area contributed by atoms with Crippen LogP contribution >= 0.6 is 0 Å². The summed E-state index contributed by atoms with van der Waals surface area (Å²) in [4.78, 5) is 14.7. The predicted molar refractivity (Wildman–Crippen MR) is 120 cm³/mol. The molecule has 0 saturated carbocycles. The van der Waals surface area contributed by atoms with E-state index in [9.17, 15) is 13.2 Å². The minimum Gasteiger partial charge on any atom is -0.497 e. The topological polar surface area (TPSA) is 72.9 Å². The lowest BCUT2D eigenvalue weighted by Gasteiger charge is -2.32. The number of hydrogen-bond acceptors (Lipinski definition) is 5. The van der Waals surface area contributed by atoms with Gasteiger partial charge in [0.25, 0.3) is 0 Å². The van der Waals surface area contributed by atoms with E-state index in [-0.39, 0.29) is 5.91 Å². The number of nitrogens with zero attached hydrogens (tertiary/aromatic N) is 1. The van der Waals surface area contributed by atoms with E-state index >= 15 is 0 Å². The zero-order valence-electron chi connectivity index (χ0n) is 18.2. The molecule has 6 nitrogen and oxygen atoms in total. The number of hydrogen-bond donors (Lipinski definition) is 0. The van der Waals surface area contributed by atoms with Gasteiger partial charge < -0.3 is 14.4 Å². The molecule has 0 atom stereocenters. The van der Waals surface area contributed by atoms with Crippen molar-refractivity contribution in [3.8, 4) is 11.5 Å². The van der Waals surface area contributed by atoms with Crippen molar-refractivity contribution >= 4 is 15.7 Å². The van der Waals surface area contributed by atoms with E-state index in [1.807, 2.05) is 24.3 Å². The highest BCUT2D eigenvalue weighted by Crippen LogP contribution is 2.26. The molecule has 1 fully saturated rings. The summed E-state index contributed by atoms with van der Waals surface area (Å²) in [6, 6.07) is 14.4. The number of likely N-dealkylation sites (tertiary alicyclic amines) is 1. The molecule has 3 rings (SSSR count). The molecule has 1 aliphatic heterocycles. The first-order chi connectivity index (χ1) is 14.9. The van der Waals surface area contributed by atoms with Crippen LogP contribution in [0.3, 0.4) is 0 Å². The molecule has 0 spiro atoms. The van der Waals surface area contributed by atoms with Crippen molar-refractivity contribution in [2.75, 3.05) is 26.8 Å². The maximum Gasteiger partial charge on any atom is 0.222 e. The van der Waals surface area contributed by atoms with Crippen molar-refractivity contribution < 1.29 is 22.7 Å². The highest BCUT2D eigenvalue weighted by molar-refractivity contribution is 7.92. The number of carbonyl (C=O) groups excluding carboxylic acids is 1. The summed E-state index contributed by atoms with van der Waals surface area (Å²) < 4.78 is 36.5. The van der Waals surface area contributed by atoms with Crippen LogP contribution < -0.4 is 9.47 Å². The third kappa shape index (κ3) is 6.00. The minimum absolute atomic E-state index is 0.0756. The molecule has 1 aliphatic rings. The molecule has 0 aromatic heterocycles. The van der Waals surface area contributed by atoms with Crippen molar-refractivity contribution in [1.29, 1.82) is 0 Å². The highest BCUT2D eigenvalue weighted by Gasteiger charge is 2.32. The maximum atomic E-state index is 12.9. The van der Waals surface area contributed by atoms with Crippen molar-refractivity contribution in [2.24, 2.45) is 0 Å². The van der Waals surface area contributed by atoms with Gasteiger partial charge in [0.2, 0.25) is 5.91 Å². The van der Waals surface area contributed by atoms with Crippen molar-refractivity contribution in [2.45, 2.75) is 49.2 Å². The smallest absolute Gasteiger partial charge is 0.222 e. The molecule has 31 heavy (non-hydrogen) atoms. The third-order valence-corrected chi connectivity index (χ3v) is 7.92. The Labute approximate surface area is 185 Å². The van der Waals surface area contributed by atoms with Gasteiger partial charge in [0.1, 0.15) is 11.5 Å². The van der Waals surface area contributed by atoms with E-state index in [4.69, 9.17) is 9.47 Å². The van der Waals surface area contributed by atoms with Crippen LogP contribution in [-0.4, -0.2) is 51.3 Å². The average Bonchev–Trinajstić information content (AvgIpc) is 2.82. The molecule has 168 valence electrons.